The molecule has 330 valence electrons. The number of hydrogen-bond donors (Lipinski definition) is 3. The zero-order valence-corrected chi connectivity index (χ0v) is 35.8. The number of urea groups is 1. The standard InChI is InChI=1S/C47H56N10O6/c1-53-18-19-56(47(53)63)37-20-28-21-38(37)57(26-28)39-24-49-41(44(48)61)45(51-39)50-32-5-2-29(3-6-32)30-12-14-54(15-13-30)25-27-10-16-55(17-11-27)33-7-8-34-35(23-33)43(60)36(42(34)59)22-31-4-9-40(58)52-46(31)62/h2-3,5-8,23-24,27-28,30-31,36-38H,4,9-22,25-26H2,1H3,(H2,48,61)(H,50,51)(H,52,58,62). The van der Waals surface area contributed by atoms with E-state index < -0.39 is 23.7 Å². The average Bonchev–Trinajstić information content (AvgIpc) is 4.05. The Balaban J connectivity index is 0.702. The van der Waals surface area contributed by atoms with E-state index in [9.17, 15) is 28.8 Å². The zero-order valence-electron chi connectivity index (χ0n) is 35.8. The number of Topliss-reactive ketones (excluding diaryl/α,β-unsaturated/α-hetero) is 2. The number of carbonyl (C=O) groups excluding carboxylic acids is 6. The third-order valence-corrected chi connectivity index (χ3v) is 15.2. The van der Waals surface area contributed by atoms with Crippen LogP contribution in [0.4, 0.5) is 27.8 Å². The number of nitrogens with zero attached hydrogens (tertiary/aromatic N) is 7. The number of primary amides is 1. The van der Waals surface area contributed by atoms with Gasteiger partial charge in [-0.25, -0.2) is 14.8 Å². The summed E-state index contributed by atoms with van der Waals surface area (Å²) < 4.78 is 0. The number of likely N-dealkylation sites (tertiary alicyclic amines) is 1. The van der Waals surface area contributed by atoms with Gasteiger partial charge in [-0.05, 0) is 118 Å². The van der Waals surface area contributed by atoms with E-state index in [1.165, 1.54) is 5.56 Å². The van der Waals surface area contributed by atoms with Crippen molar-refractivity contribution in [3.05, 3.63) is 71.0 Å². The second-order valence-corrected chi connectivity index (χ2v) is 19.0. The summed E-state index contributed by atoms with van der Waals surface area (Å²) in [5.41, 5.74) is 9.79. The summed E-state index contributed by atoms with van der Waals surface area (Å²) in [6.07, 6.45) is 8.64. The number of anilines is 4. The van der Waals surface area contributed by atoms with Crippen molar-refractivity contribution in [3.8, 4) is 0 Å². The van der Waals surface area contributed by atoms with Gasteiger partial charge in [-0.15, -0.1) is 0 Å². The van der Waals surface area contributed by atoms with Crippen LogP contribution in [0.3, 0.4) is 0 Å². The van der Waals surface area contributed by atoms with Gasteiger partial charge in [-0.1, -0.05) is 12.1 Å². The van der Waals surface area contributed by atoms with E-state index in [2.05, 4.69) is 42.5 Å². The van der Waals surface area contributed by atoms with Crippen LogP contribution < -0.4 is 26.2 Å². The number of nitrogens with two attached hydrogens (primary N) is 1. The van der Waals surface area contributed by atoms with E-state index in [0.717, 1.165) is 102 Å². The van der Waals surface area contributed by atoms with Gasteiger partial charge < -0.3 is 35.6 Å². The number of fused-ring (bicyclic) bond motifs is 3. The molecule has 2 aliphatic carbocycles. The van der Waals surface area contributed by atoms with Crippen molar-refractivity contribution < 1.29 is 28.8 Å². The Kier molecular flexibility index (Phi) is 10.9. The van der Waals surface area contributed by atoms with E-state index in [0.29, 0.717) is 46.9 Å². The molecule has 2 aromatic carbocycles. The predicted molar refractivity (Wildman–Crippen MR) is 235 cm³/mol. The molecule has 6 fully saturated rings. The van der Waals surface area contributed by atoms with Gasteiger partial charge in [0, 0.05) is 81.2 Å². The smallest absolute Gasteiger partial charge is 0.320 e. The Bertz CT molecular complexity index is 2340. The van der Waals surface area contributed by atoms with Crippen LogP contribution in [0, 0.1) is 23.7 Å². The number of hydrogen-bond acceptors (Lipinski definition) is 12. The number of amides is 5. The Hall–Kier alpha value is -5.90. The second-order valence-electron chi connectivity index (χ2n) is 19.0. The van der Waals surface area contributed by atoms with E-state index in [-0.39, 0.29) is 54.1 Å². The quantitative estimate of drug-likeness (QED) is 0.184. The largest absolute Gasteiger partial charge is 0.371 e. The van der Waals surface area contributed by atoms with Crippen LogP contribution in [0.25, 0.3) is 0 Å². The number of aromatic nitrogens is 2. The molecule has 5 aliphatic heterocycles. The molecule has 10 rings (SSSR count). The lowest BCUT2D eigenvalue weighted by atomic mass is 9.86. The number of piperidine rings is 4. The number of likely N-dealkylation sites (N-methyl/N-ethyl adjacent to an activating group) is 1. The molecule has 5 atom stereocenters. The first-order valence-electron chi connectivity index (χ1n) is 22.8. The summed E-state index contributed by atoms with van der Waals surface area (Å²) in [7, 11) is 1.85. The summed E-state index contributed by atoms with van der Waals surface area (Å²) in [5.74, 6) is -0.612. The van der Waals surface area contributed by atoms with E-state index >= 15 is 0 Å². The maximum absolute atomic E-state index is 13.4. The average molecular weight is 857 g/mol. The molecule has 16 nitrogen and oxygen atoms in total. The summed E-state index contributed by atoms with van der Waals surface area (Å²) in [6.45, 7) is 7.25. The van der Waals surface area contributed by atoms with Gasteiger partial charge in [0.2, 0.25) is 11.8 Å². The van der Waals surface area contributed by atoms with Gasteiger partial charge in [-0.3, -0.25) is 29.3 Å². The summed E-state index contributed by atoms with van der Waals surface area (Å²) in [4.78, 5) is 96.2. The number of rotatable bonds is 11. The van der Waals surface area contributed by atoms with Gasteiger partial charge in [0.05, 0.1) is 24.2 Å². The lowest BCUT2D eigenvalue weighted by molar-refractivity contribution is -0.136. The number of carbonyl (C=O) groups is 6. The molecule has 7 aliphatic rings. The van der Waals surface area contributed by atoms with Crippen molar-refractivity contribution in [1.82, 2.24) is 30.0 Å². The fourth-order valence-corrected chi connectivity index (χ4v) is 11.6. The first kappa shape index (κ1) is 41.1. The van der Waals surface area contributed by atoms with Crippen LogP contribution in [0.2, 0.25) is 0 Å². The first-order valence-corrected chi connectivity index (χ1v) is 22.8. The van der Waals surface area contributed by atoms with Crippen LogP contribution in [0.15, 0.2) is 48.7 Å². The molecule has 5 saturated heterocycles. The predicted octanol–water partition coefficient (Wildman–Crippen LogP) is 4.19. The highest BCUT2D eigenvalue weighted by Gasteiger charge is 2.50. The van der Waals surface area contributed by atoms with Crippen molar-refractivity contribution >= 4 is 58.3 Å². The van der Waals surface area contributed by atoms with Crippen LogP contribution in [-0.2, 0) is 9.59 Å². The Morgan fingerprint density at radius 1 is 0.841 bits per heavy atom. The van der Waals surface area contributed by atoms with Gasteiger partial charge in [0.15, 0.2) is 23.1 Å². The molecule has 1 saturated carbocycles. The lowest BCUT2D eigenvalue weighted by Gasteiger charge is -2.38. The topological polar surface area (TPSA) is 194 Å². The minimum atomic E-state index is -0.865. The van der Waals surface area contributed by atoms with Gasteiger partial charge in [0.1, 0.15) is 5.82 Å². The molecular formula is C47H56N10O6. The third kappa shape index (κ3) is 7.91. The molecule has 4 N–H and O–H groups in total. The third-order valence-electron chi connectivity index (χ3n) is 15.2. The van der Waals surface area contributed by atoms with Crippen molar-refractivity contribution in [2.75, 3.05) is 74.5 Å². The summed E-state index contributed by atoms with van der Waals surface area (Å²) in [5, 5.41) is 5.68. The fraction of sp³-hybridized carbons (Fsp3) is 0.532. The molecule has 6 heterocycles. The SMILES string of the molecule is CN1CCN(C2CC3CC2N(c2cnc(C(N)=O)c(Nc4ccc(C5CCN(CC6CCN(c7ccc8c(c7)C(=O)C(CC7CCC(=O)NC7=O)C8=O)CC6)CC5)cc4)n2)C3)C1=O. The van der Waals surface area contributed by atoms with Crippen molar-refractivity contribution in [2.24, 2.45) is 29.4 Å². The Labute approximate surface area is 366 Å². The van der Waals surface area contributed by atoms with Crippen LogP contribution in [0.1, 0.15) is 100 Å². The highest BCUT2D eigenvalue weighted by atomic mass is 16.2. The molecular weight excluding hydrogens is 801 g/mol. The number of benzene rings is 2. The number of ketones is 2. The second kappa shape index (κ2) is 16.7. The van der Waals surface area contributed by atoms with E-state index in [4.69, 9.17) is 10.7 Å². The van der Waals surface area contributed by atoms with Gasteiger partial charge in [-0.2, -0.15) is 0 Å². The van der Waals surface area contributed by atoms with Crippen molar-refractivity contribution in [1.29, 1.82) is 0 Å². The lowest BCUT2D eigenvalue weighted by Crippen LogP contribution is -2.51. The van der Waals surface area contributed by atoms with E-state index in [1.54, 1.807) is 17.2 Å². The molecule has 63 heavy (non-hydrogen) atoms. The monoisotopic (exact) mass is 856 g/mol. The van der Waals surface area contributed by atoms with Crippen LogP contribution in [-0.4, -0.2) is 131 Å². The highest BCUT2D eigenvalue weighted by Crippen LogP contribution is 2.43. The molecule has 0 radical (unpaired) electrons. The molecule has 2 bridgehead atoms. The molecule has 5 amide bonds. The molecule has 16 heteroatoms. The highest BCUT2D eigenvalue weighted by molar-refractivity contribution is 6.27. The number of imide groups is 1. The minimum absolute atomic E-state index is 0.0876. The summed E-state index contributed by atoms with van der Waals surface area (Å²) >= 11 is 0. The normalized spacial score (nSPS) is 26.9. The molecule has 1 aromatic heterocycles. The Morgan fingerprint density at radius 3 is 2.25 bits per heavy atom. The van der Waals surface area contributed by atoms with Gasteiger partial charge in [0.25, 0.3) is 5.91 Å². The van der Waals surface area contributed by atoms with Gasteiger partial charge >= 0.3 is 6.03 Å². The number of nitrogens with one attached hydrogen (secondary N) is 2. The molecule has 0 spiro atoms. The maximum Gasteiger partial charge on any atom is 0.320 e. The van der Waals surface area contributed by atoms with Crippen molar-refractivity contribution in [3.63, 3.8) is 0 Å². The summed E-state index contributed by atoms with van der Waals surface area (Å²) in [6, 6.07) is 14.4. The van der Waals surface area contributed by atoms with E-state index in [1.807, 2.05) is 36.2 Å². The minimum Gasteiger partial charge on any atom is -0.371 e. The molecule has 5 unspecified atom stereocenters. The van der Waals surface area contributed by atoms with Crippen LogP contribution in [0.5, 0.6) is 0 Å². The Morgan fingerprint density at radius 2 is 1.57 bits per heavy atom. The fourth-order valence-electron chi connectivity index (χ4n) is 11.6. The van der Waals surface area contributed by atoms with Crippen molar-refractivity contribution in [2.45, 2.75) is 75.8 Å². The van der Waals surface area contributed by atoms with Crippen LogP contribution >= 0.6 is 0 Å². The zero-order chi connectivity index (χ0) is 43.5. The molecule has 3 aromatic rings. The maximum atomic E-state index is 13.4. The first-order chi connectivity index (χ1) is 30.5.